The maximum absolute atomic E-state index is 13.4. The average molecular weight is 437 g/mol. The second-order valence-corrected chi connectivity index (χ2v) is 10.1. The molecule has 0 fully saturated rings. The van der Waals surface area contributed by atoms with E-state index in [1.54, 1.807) is 23.7 Å². The van der Waals surface area contributed by atoms with Crippen LogP contribution in [0, 0.1) is 19.3 Å². The summed E-state index contributed by atoms with van der Waals surface area (Å²) in [5.41, 5.74) is 3.19. The van der Waals surface area contributed by atoms with Crippen LogP contribution in [0.1, 0.15) is 41.2 Å². The molecular weight excluding hydrogens is 412 g/mol. The molecule has 2 aromatic carbocycles. The molecule has 1 aliphatic carbocycles. The third kappa shape index (κ3) is 3.79. The molecule has 0 bridgehead atoms. The van der Waals surface area contributed by atoms with E-state index < -0.39 is 15.4 Å². The molecule has 0 saturated carbocycles. The number of fused-ring (bicyclic) bond motifs is 1. The monoisotopic (exact) mass is 436 g/mol. The number of Topliss-reactive ketones (excluding diaryl/α,β-unsaturated/α-hetero) is 1. The highest BCUT2D eigenvalue weighted by atomic mass is 32.2. The van der Waals surface area contributed by atoms with Crippen molar-refractivity contribution in [2.45, 2.75) is 39.0 Å². The Labute approximate surface area is 181 Å². The second-order valence-electron chi connectivity index (χ2n) is 8.41. The fraction of sp³-hybridized carbons (Fsp3) is 0.261. The predicted octanol–water partition coefficient (Wildman–Crippen LogP) is 3.59. The standard InChI is InChI=1S/C23H24N4O3S/c1-15-10-12-18(13-11-15)31(29,30)26-24-22-21(28)20-16(2)25-27(17-8-6-5-7-9-17)19(20)14-23(22,3)4/h5-13,26H,14H2,1-4H3. The lowest BCUT2D eigenvalue weighted by Gasteiger charge is -2.30. The summed E-state index contributed by atoms with van der Waals surface area (Å²) in [5, 5.41) is 8.68. The van der Waals surface area contributed by atoms with E-state index in [4.69, 9.17) is 0 Å². The smallest absolute Gasteiger partial charge is 0.276 e. The summed E-state index contributed by atoms with van der Waals surface area (Å²) in [6, 6.07) is 16.1. The molecule has 0 atom stereocenters. The Morgan fingerprint density at radius 3 is 2.32 bits per heavy atom. The molecule has 7 nitrogen and oxygen atoms in total. The topological polar surface area (TPSA) is 93.4 Å². The molecule has 1 heterocycles. The molecule has 31 heavy (non-hydrogen) atoms. The number of carbonyl (C=O) groups excluding carboxylic acids is 1. The van der Waals surface area contributed by atoms with E-state index in [-0.39, 0.29) is 16.4 Å². The zero-order valence-electron chi connectivity index (χ0n) is 17.9. The zero-order chi connectivity index (χ0) is 22.4. The quantitative estimate of drug-likeness (QED) is 0.633. The number of carbonyl (C=O) groups is 1. The van der Waals surface area contributed by atoms with Crippen molar-refractivity contribution >= 4 is 21.5 Å². The van der Waals surface area contributed by atoms with Crippen molar-refractivity contribution in [2.24, 2.45) is 10.5 Å². The number of nitrogens with one attached hydrogen (secondary N) is 1. The highest BCUT2D eigenvalue weighted by Crippen LogP contribution is 2.35. The van der Waals surface area contributed by atoms with Crippen LogP contribution in [0.3, 0.4) is 0 Å². The summed E-state index contributed by atoms with van der Waals surface area (Å²) in [4.78, 5) is 15.7. The number of hydrogen-bond donors (Lipinski definition) is 1. The number of hydrogen-bond acceptors (Lipinski definition) is 5. The van der Waals surface area contributed by atoms with Gasteiger partial charge in [0.25, 0.3) is 10.0 Å². The number of sulfonamides is 1. The van der Waals surface area contributed by atoms with E-state index in [0.29, 0.717) is 17.7 Å². The molecule has 1 N–H and O–H groups in total. The van der Waals surface area contributed by atoms with Gasteiger partial charge in [0, 0.05) is 11.8 Å². The summed E-state index contributed by atoms with van der Waals surface area (Å²) >= 11 is 0. The SMILES string of the molecule is Cc1ccc(S(=O)(=O)NN=C2C(=O)c3c(C)nn(-c4ccccc4)c3CC2(C)C)cc1. The van der Waals surface area contributed by atoms with Gasteiger partial charge in [0.1, 0.15) is 5.71 Å². The third-order valence-corrected chi connectivity index (χ3v) is 6.68. The maximum atomic E-state index is 13.4. The number of nitrogens with zero attached hydrogens (tertiary/aromatic N) is 3. The number of rotatable bonds is 4. The minimum Gasteiger partial charge on any atom is -0.287 e. The predicted molar refractivity (Wildman–Crippen MR) is 119 cm³/mol. The lowest BCUT2D eigenvalue weighted by Crippen LogP contribution is -2.41. The number of aromatic nitrogens is 2. The van der Waals surface area contributed by atoms with Crippen molar-refractivity contribution in [1.29, 1.82) is 0 Å². The molecule has 4 rings (SSSR count). The Morgan fingerprint density at radius 1 is 1.03 bits per heavy atom. The molecule has 0 saturated heterocycles. The number of aryl methyl sites for hydroxylation is 2. The van der Waals surface area contributed by atoms with E-state index in [9.17, 15) is 13.2 Å². The molecule has 3 aromatic rings. The Kier molecular flexibility index (Phi) is 5.05. The molecule has 0 spiro atoms. The van der Waals surface area contributed by atoms with Gasteiger partial charge >= 0.3 is 0 Å². The van der Waals surface area contributed by atoms with Gasteiger partial charge in [-0.3, -0.25) is 4.79 Å². The van der Waals surface area contributed by atoms with E-state index in [0.717, 1.165) is 16.9 Å². The fourth-order valence-corrected chi connectivity index (χ4v) is 4.63. The first kappa shape index (κ1) is 21.0. The Morgan fingerprint density at radius 2 is 1.68 bits per heavy atom. The van der Waals surface area contributed by atoms with Crippen LogP contribution in [-0.2, 0) is 16.4 Å². The molecular formula is C23H24N4O3S. The summed E-state index contributed by atoms with van der Waals surface area (Å²) in [6.45, 7) is 7.42. The number of benzene rings is 2. The highest BCUT2D eigenvalue weighted by molar-refractivity contribution is 7.89. The first-order valence-electron chi connectivity index (χ1n) is 9.95. The van der Waals surface area contributed by atoms with Crippen molar-refractivity contribution in [2.75, 3.05) is 0 Å². The van der Waals surface area contributed by atoms with Crippen LogP contribution in [0.4, 0.5) is 0 Å². The number of ketones is 1. The van der Waals surface area contributed by atoms with Gasteiger partial charge in [0.05, 0.1) is 27.5 Å². The lowest BCUT2D eigenvalue weighted by molar-refractivity contribution is 0.104. The molecule has 1 aromatic heterocycles. The van der Waals surface area contributed by atoms with E-state index in [1.165, 1.54) is 12.1 Å². The average Bonchev–Trinajstić information content (AvgIpc) is 3.04. The first-order chi connectivity index (χ1) is 14.6. The van der Waals surface area contributed by atoms with Gasteiger partial charge in [-0.1, -0.05) is 49.7 Å². The normalized spacial score (nSPS) is 16.9. The van der Waals surface area contributed by atoms with Crippen LogP contribution >= 0.6 is 0 Å². The van der Waals surface area contributed by atoms with Crippen molar-refractivity contribution in [3.05, 3.63) is 77.1 Å². The third-order valence-electron chi connectivity index (χ3n) is 5.46. The minimum atomic E-state index is -3.89. The second kappa shape index (κ2) is 7.46. The Hall–Kier alpha value is -3.26. The number of hydrazone groups is 1. The van der Waals surface area contributed by atoms with E-state index in [2.05, 4.69) is 15.0 Å². The largest absolute Gasteiger partial charge is 0.287 e. The molecule has 0 amide bonds. The van der Waals surface area contributed by atoms with Crippen LogP contribution in [0.25, 0.3) is 5.69 Å². The van der Waals surface area contributed by atoms with Crippen molar-refractivity contribution in [3.8, 4) is 5.69 Å². The van der Waals surface area contributed by atoms with Crippen molar-refractivity contribution in [1.82, 2.24) is 14.6 Å². The fourth-order valence-electron chi connectivity index (χ4n) is 3.82. The summed E-state index contributed by atoms with van der Waals surface area (Å²) in [7, 11) is -3.89. The molecule has 8 heteroatoms. The summed E-state index contributed by atoms with van der Waals surface area (Å²) in [5.74, 6) is -0.308. The minimum absolute atomic E-state index is 0.0947. The van der Waals surface area contributed by atoms with Crippen LogP contribution in [-0.4, -0.2) is 29.7 Å². The van der Waals surface area contributed by atoms with Crippen LogP contribution in [0.5, 0.6) is 0 Å². The van der Waals surface area contributed by atoms with E-state index in [1.807, 2.05) is 51.1 Å². The summed E-state index contributed by atoms with van der Waals surface area (Å²) in [6.07, 6.45) is 0.495. The maximum Gasteiger partial charge on any atom is 0.276 e. The van der Waals surface area contributed by atoms with Gasteiger partial charge in [-0.25, -0.2) is 4.68 Å². The van der Waals surface area contributed by atoms with Gasteiger partial charge in [-0.15, -0.1) is 0 Å². The highest BCUT2D eigenvalue weighted by Gasteiger charge is 2.42. The van der Waals surface area contributed by atoms with Crippen LogP contribution in [0.2, 0.25) is 0 Å². The van der Waals surface area contributed by atoms with Gasteiger partial charge < -0.3 is 0 Å². The van der Waals surface area contributed by atoms with Crippen molar-refractivity contribution < 1.29 is 13.2 Å². The molecule has 0 unspecified atom stereocenters. The molecule has 1 aliphatic rings. The zero-order valence-corrected chi connectivity index (χ0v) is 18.7. The Balaban J connectivity index is 1.73. The van der Waals surface area contributed by atoms with Gasteiger partial charge in [0.2, 0.25) is 5.78 Å². The molecule has 0 radical (unpaired) electrons. The number of para-hydroxylation sites is 1. The van der Waals surface area contributed by atoms with Crippen LogP contribution < -0.4 is 4.83 Å². The lowest BCUT2D eigenvalue weighted by atomic mass is 9.74. The first-order valence-corrected chi connectivity index (χ1v) is 11.4. The van der Waals surface area contributed by atoms with Crippen LogP contribution in [0.15, 0.2) is 64.6 Å². The van der Waals surface area contributed by atoms with Gasteiger partial charge in [-0.2, -0.15) is 23.4 Å². The van der Waals surface area contributed by atoms with Gasteiger partial charge in [-0.05, 0) is 38.1 Å². The van der Waals surface area contributed by atoms with Gasteiger partial charge in [0.15, 0.2) is 0 Å². The Bertz CT molecular complexity index is 1290. The summed E-state index contributed by atoms with van der Waals surface area (Å²) < 4.78 is 27.1. The van der Waals surface area contributed by atoms with E-state index >= 15 is 0 Å². The molecule has 160 valence electrons. The van der Waals surface area contributed by atoms with Crippen molar-refractivity contribution in [3.63, 3.8) is 0 Å². The molecule has 0 aliphatic heterocycles.